The smallest absolute Gasteiger partial charge is 0.0134 e. The van der Waals surface area contributed by atoms with Crippen LogP contribution in [0.15, 0.2) is 72.8 Å². The molecule has 0 radical (unpaired) electrons. The van der Waals surface area contributed by atoms with E-state index in [9.17, 15) is 0 Å². The van der Waals surface area contributed by atoms with E-state index in [4.69, 9.17) is 0 Å². The minimum atomic E-state index is -0.539. The molecular formula is C36H51P. The fraction of sp³-hybridized carbons (Fsp3) is 0.500. The van der Waals surface area contributed by atoms with E-state index >= 15 is 0 Å². The van der Waals surface area contributed by atoms with Crippen LogP contribution in [0.5, 0.6) is 0 Å². The number of aryl methyl sites for hydroxylation is 3. The van der Waals surface area contributed by atoms with Gasteiger partial charge in [-0.3, -0.25) is 0 Å². The molecule has 0 saturated carbocycles. The van der Waals surface area contributed by atoms with Gasteiger partial charge in [-0.2, -0.15) is 0 Å². The maximum atomic E-state index is 2.41. The molecule has 0 N–H and O–H groups in total. The Bertz CT molecular complexity index is 837. The van der Waals surface area contributed by atoms with E-state index in [0.29, 0.717) is 0 Å². The van der Waals surface area contributed by atoms with Crippen molar-refractivity contribution in [3.8, 4) is 0 Å². The molecule has 200 valence electrons. The number of rotatable bonds is 18. The average molecular weight is 515 g/mol. The monoisotopic (exact) mass is 514 g/mol. The van der Waals surface area contributed by atoms with Crippen molar-refractivity contribution < 1.29 is 0 Å². The summed E-state index contributed by atoms with van der Waals surface area (Å²) < 4.78 is 0. The van der Waals surface area contributed by atoms with Crippen LogP contribution >= 0.6 is 7.92 Å². The van der Waals surface area contributed by atoms with Gasteiger partial charge in [-0.25, -0.2) is 0 Å². The average Bonchev–Trinajstić information content (AvgIpc) is 2.94. The van der Waals surface area contributed by atoms with Gasteiger partial charge >= 0.3 is 0 Å². The molecule has 37 heavy (non-hydrogen) atoms. The fourth-order valence-corrected chi connectivity index (χ4v) is 7.39. The summed E-state index contributed by atoms with van der Waals surface area (Å²) in [6.07, 6.45) is 19.6. The predicted octanol–water partition coefficient (Wildman–Crippen LogP) is 9.81. The third-order valence-electron chi connectivity index (χ3n) is 7.54. The minimum Gasteiger partial charge on any atom is -0.0654 e. The maximum Gasteiger partial charge on any atom is -0.0134 e. The van der Waals surface area contributed by atoms with Crippen molar-refractivity contribution in [2.75, 3.05) is 0 Å². The van der Waals surface area contributed by atoms with Gasteiger partial charge in [0.1, 0.15) is 0 Å². The highest BCUT2D eigenvalue weighted by Gasteiger charge is 2.17. The molecule has 0 amide bonds. The van der Waals surface area contributed by atoms with Gasteiger partial charge in [0, 0.05) is 0 Å². The van der Waals surface area contributed by atoms with Crippen LogP contribution < -0.4 is 15.9 Å². The van der Waals surface area contributed by atoms with Crippen molar-refractivity contribution in [1.82, 2.24) is 0 Å². The Morgan fingerprint density at radius 2 is 0.622 bits per heavy atom. The largest absolute Gasteiger partial charge is 0.0654 e. The van der Waals surface area contributed by atoms with E-state index in [0.717, 1.165) is 0 Å². The van der Waals surface area contributed by atoms with Gasteiger partial charge in [0.05, 0.1) is 0 Å². The Hall–Kier alpha value is -1.91. The van der Waals surface area contributed by atoms with Crippen LogP contribution in [0.1, 0.15) is 115 Å². The zero-order chi connectivity index (χ0) is 26.1. The summed E-state index contributed by atoms with van der Waals surface area (Å²) in [7, 11) is -0.539. The zero-order valence-electron chi connectivity index (χ0n) is 24.0. The maximum absolute atomic E-state index is 2.41. The van der Waals surface area contributed by atoms with E-state index in [-0.39, 0.29) is 0 Å². The van der Waals surface area contributed by atoms with E-state index in [1.165, 1.54) is 129 Å². The lowest BCUT2D eigenvalue weighted by Crippen LogP contribution is -2.21. The van der Waals surface area contributed by atoms with Gasteiger partial charge < -0.3 is 0 Å². The van der Waals surface area contributed by atoms with Gasteiger partial charge in [0.15, 0.2) is 0 Å². The molecule has 0 unspecified atom stereocenters. The molecule has 0 atom stereocenters. The second kappa shape index (κ2) is 17.6. The molecule has 3 aromatic rings. The topological polar surface area (TPSA) is 0 Å². The van der Waals surface area contributed by atoms with Crippen LogP contribution in [-0.4, -0.2) is 0 Å². The summed E-state index contributed by atoms with van der Waals surface area (Å²) in [5.41, 5.74) is 4.46. The van der Waals surface area contributed by atoms with Crippen LogP contribution in [0.3, 0.4) is 0 Å². The van der Waals surface area contributed by atoms with Gasteiger partial charge in [0.25, 0.3) is 0 Å². The fourth-order valence-electron chi connectivity index (χ4n) is 5.15. The standard InChI is InChI=1S/C36H51P/c1-4-7-10-13-16-31-19-25-34(26-20-31)37(35-27-21-32(22-28-35)17-14-11-8-5-2)36-29-23-33(24-30-36)18-15-12-9-6-3/h19-30H,4-18H2,1-3H3. The molecule has 0 aliphatic carbocycles. The van der Waals surface area contributed by atoms with Crippen molar-refractivity contribution in [2.45, 2.75) is 117 Å². The highest BCUT2D eigenvalue weighted by molar-refractivity contribution is 7.79. The van der Waals surface area contributed by atoms with Crippen molar-refractivity contribution in [3.05, 3.63) is 89.5 Å². The molecule has 0 heterocycles. The van der Waals surface area contributed by atoms with E-state index in [1.54, 1.807) is 0 Å². The number of benzene rings is 3. The summed E-state index contributed by atoms with van der Waals surface area (Å²) in [5.74, 6) is 0. The lowest BCUT2D eigenvalue weighted by molar-refractivity contribution is 0.667. The molecular weight excluding hydrogens is 463 g/mol. The van der Waals surface area contributed by atoms with Crippen LogP contribution in [0.4, 0.5) is 0 Å². The molecule has 0 spiro atoms. The molecule has 1 heteroatoms. The third kappa shape index (κ3) is 10.4. The lowest BCUT2D eigenvalue weighted by Gasteiger charge is -2.20. The van der Waals surface area contributed by atoms with Gasteiger partial charge in [0.2, 0.25) is 0 Å². The first-order valence-electron chi connectivity index (χ1n) is 15.3. The summed E-state index contributed by atoms with van der Waals surface area (Å²) in [4.78, 5) is 0. The Labute approximate surface area is 230 Å². The molecule has 0 aliphatic heterocycles. The van der Waals surface area contributed by atoms with Crippen LogP contribution in [0.25, 0.3) is 0 Å². The van der Waals surface area contributed by atoms with E-state index in [2.05, 4.69) is 93.6 Å². The summed E-state index contributed by atoms with van der Waals surface area (Å²) in [6.45, 7) is 6.86. The second-order valence-electron chi connectivity index (χ2n) is 10.8. The molecule has 0 saturated heterocycles. The highest BCUT2D eigenvalue weighted by Crippen LogP contribution is 2.33. The number of hydrogen-bond acceptors (Lipinski definition) is 0. The summed E-state index contributed by atoms with van der Waals surface area (Å²) in [5, 5.41) is 4.41. The Balaban J connectivity index is 1.77. The Morgan fingerprint density at radius 3 is 0.865 bits per heavy atom. The van der Waals surface area contributed by atoms with Crippen LogP contribution in [0, 0.1) is 0 Å². The SMILES string of the molecule is CCCCCCc1ccc(P(c2ccc(CCCCCC)cc2)c2ccc(CCCCCC)cc2)cc1. The third-order valence-corrected chi connectivity index (χ3v) is 9.98. The minimum absolute atomic E-state index is 0.539. The zero-order valence-corrected chi connectivity index (χ0v) is 24.9. The normalized spacial score (nSPS) is 11.4. The molecule has 0 aromatic heterocycles. The molecule has 0 aliphatic rings. The Kier molecular flexibility index (Phi) is 14.1. The van der Waals surface area contributed by atoms with Gasteiger partial charge in [-0.1, -0.05) is 151 Å². The second-order valence-corrected chi connectivity index (χ2v) is 13.0. The predicted molar refractivity (Wildman–Crippen MR) is 169 cm³/mol. The highest BCUT2D eigenvalue weighted by atomic mass is 31.1. The molecule has 0 nitrogen and oxygen atoms in total. The molecule has 3 aromatic carbocycles. The molecule has 3 rings (SSSR count). The first kappa shape index (κ1) is 29.6. The Morgan fingerprint density at radius 1 is 0.351 bits per heavy atom. The summed E-state index contributed by atoms with van der Waals surface area (Å²) >= 11 is 0. The van der Waals surface area contributed by atoms with E-state index in [1.807, 2.05) is 0 Å². The van der Waals surface area contributed by atoms with E-state index < -0.39 is 7.92 Å². The molecule has 0 fully saturated rings. The van der Waals surface area contributed by atoms with Crippen molar-refractivity contribution >= 4 is 23.8 Å². The van der Waals surface area contributed by atoms with Crippen LogP contribution in [-0.2, 0) is 19.3 Å². The van der Waals surface area contributed by atoms with Gasteiger partial charge in [-0.05, 0) is 79.1 Å². The molecule has 0 bridgehead atoms. The first-order valence-corrected chi connectivity index (χ1v) is 16.7. The number of unbranched alkanes of at least 4 members (excludes halogenated alkanes) is 9. The van der Waals surface area contributed by atoms with Crippen molar-refractivity contribution in [2.24, 2.45) is 0 Å². The quantitative estimate of drug-likeness (QED) is 0.117. The number of hydrogen-bond donors (Lipinski definition) is 0. The summed E-state index contributed by atoms with van der Waals surface area (Å²) in [6, 6.07) is 28.8. The first-order chi connectivity index (χ1) is 18.2. The lowest BCUT2D eigenvalue weighted by atomic mass is 10.1. The van der Waals surface area contributed by atoms with Crippen LogP contribution in [0.2, 0.25) is 0 Å². The van der Waals surface area contributed by atoms with Crippen molar-refractivity contribution in [3.63, 3.8) is 0 Å². The van der Waals surface area contributed by atoms with Gasteiger partial charge in [-0.15, -0.1) is 0 Å². The van der Waals surface area contributed by atoms with Crippen molar-refractivity contribution in [1.29, 1.82) is 0 Å².